The highest BCUT2D eigenvalue weighted by molar-refractivity contribution is 9.10. The Labute approximate surface area is 127 Å². The number of hydrogen-bond acceptors (Lipinski definition) is 1. The SMILES string of the molecule is CCN1C(=O)[C@@H](Cc2ccccc2)c2cc(Br)ccc21. The first-order valence-electron chi connectivity index (χ1n) is 6.85. The molecule has 102 valence electrons. The van der Waals surface area contributed by atoms with Gasteiger partial charge in [0, 0.05) is 16.7 Å². The molecule has 0 bridgehead atoms. The molecule has 1 atom stereocenters. The fourth-order valence-corrected chi connectivity index (χ4v) is 3.24. The largest absolute Gasteiger partial charge is 0.312 e. The fourth-order valence-electron chi connectivity index (χ4n) is 2.86. The zero-order chi connectivity index (χ0) is 14.1. The molecule has 1 amide bonds. The molecule has 0 spiro atoms. The number of fused-ring (bicyclic) bond motifs is 1. The lowest BCUT2D eigenvalue weighted by Gasteiger charge is -2.15. The van der Waals surface area contributed by atoms with Crippen LogP contribution in [0, 0.1) is 0 Å². The van der Waals surface area contributed by atoms with Gasteiger partial charge in [0.2, 0.25) is 5.91 Å². The molecule has 2 nitrogen and oxygen atoms in total. The first-order valence-corrected chi connectivity index (χ1v) is 7.64. The molecule has 0 saturated heterocycles. The lowest BCUT2D eigenvalue weighted by molar-refractivity contribution is -0.119. The third-order valence-corrected chi connectivity index (χ3v) is 4.31. The Morgan fingerprint density at radius 1 is 1.15 bits per heavy atom. The van der Waals surface area contributed by atoms with Crippen LogP contribution in [0.15, 0.2) is 53.0 Å². The zero-order valence-corrected chi connectivity index (χ0v) is 12.9. The molecule has 20 heavy (non-hydrogen) atoms. The van der Waals surface area contributed by atoms with Crippen molar-refractivity contribution in [3.05, 3.63) is 64.1 Å². The molecule has 3 heteroatoms. The third kappa shape index (κ3) is 2.27. The van der Waals surface area contributed by atoms with Crippen molar-refractivity contribution in [3.63, 3.8) is 0 Å². The van der Waals surface area contributed by atoms with Gasteiger partial charge in [-0.2, -0.15) is 0 Å². The normalized spacial score (nSPS) is 17.4. The van der Waals surface area contributed by atoms with Gasteiger partial charge in [-0.15, -0.1) is 0 Å². The van der Waals surface area contributed by atoms with Gasteiger partial charge in [-0.1, -0.05) is 46.3 Å². The van der Waals surface area contributed by atoms with Gasteiger partial charge in [-0.3, -0.25) is 4.79 Å². The minimum atomic E-state index is -0.0650. The topological polar surface area (TPSA) is 20.3 Å². The second-order valence-electron chi connectivity index (χ2n) is 5.03. The van der Waals surface area contributed by atoms with Gasteiger partial charge in [0.25, 0.3) is 0 Å². The van der Waals surface area contributed by atoms with Gasteiger partial charge >= 0.3 is 0 Å². The molecule has 3 rings (SSSR count). The molecule has 0 aromatic heterocycles. The predicted molar refractivity (Wildman–Crippen MR) is 85.1 cm³/mol. The van der Waals surface area contributed by atoms with Crippen LogP contribution in [0.2, 0.25) is 0 Å². The van der Waals surface area contributed by atoms with E-state index < -0.39 is 0 Å². The molecule has 0 unspecified atom stereocenters. The van der Waals surface area contributed by atoms with Crippen LogP contribution in [0.25, 0.3) is 0 Å². The molecule has 0 N–H and O–H groups in total. The molecule has 1 heterocycles. The van der Waals surface area contributed by atoms with Crippen molar-refractivity contribution < 1.29 is 4.79 Å². The number of carbonyl (C=O) groups is 1. The van der Waals surface area contributed by atoms with E-state index in [4.69, 9.17) is 0 Å². The van der Waals surface area contributed by atoms with Gasteiger partial charge in [-0.25, -0.2) is 0 Å². The van der Waals surface area contributed by atoms with Crippen LogP contribution in [0.4, 0.5) is 5.69 Å². The van der Waals surface area contributed by atoms with Crippen molar-refractivity contribution in [1.29, 1.82) is 0 Å². The van der Waals surface area contributed by atoms with Crippen molar-refractivity contribution in [3.8, 4) is 0 Å². The summed E-state index contributed by atoms with van der Waals surface area (Å²) >= 11 is 3.51. The molecule has 1 aliphatic heterocycles. The maximum Gasteiger partial charge on any atom is 0.234 e. The monoisotopic (exact) mass is 329 g/mol. The van der Waals surface area contributed by atoms with E-state index in [2.05, 4.69) is 34.1 Å². The summed E-state index contributed by atoms with van der Waals surface area (Å²) in [6.45, 7) is 2.74. The number of rotatable bonds is 3. The second-order valence-corrected chi connectivity index (χ2v) is 5.94. The highest BCUT2D eigenvalue weighted by Gasteiger charge is 2.36. The van der Waals surface area contributed by atoms with Crippen molar-refractivity contribution in [2.75, 3.05) is 11.4 Å². The molecule has 0 radical (unpaired) electrons. The van der Waals surface area contributed by atoms with Crippen molar-refractivity contribution in [2.45, 2.75) is 19.3 Å². The minimum Gasteiger partial charge on any atom is -0.312 e. The van der Waals surface area contributed by atoms with E-state index in [1.165, 1.54) is 5.56 Å². The Morgan fingerprint density at radius 3 is 2.60 bits per heavy atom. The van der Waals surface area contributed by atoms with E-state index >= 15 is 0 Å². The van der Waals surface area contributed by atoms with Crippen molar-refractivity contribution in [2.24, 2.45) is 0 Å². The Kier molecular flexibility index (Phi) is 3.62. The predicted octanol–water partition coefficient (Wildman–Crippen LogP) is 4.14. The van der Waals surface area contributed by atoms with E-state index in [-0.39, 0.29) is 11.8 Å². The van der Waals surface area contributed by atoms with E-state index in [0.29, 0.717) is 0 Å². The van der Waals surface area contributed by atoms with Crippen LogP contribution in [-0.4, -0.2) is 12.5 Å². The molecular formula is C17H16BrNO. The number of amides is 1. The van der Waals surface area contributed by atoms with Crippen molar-refractivity contribution >= 4 is 27.5 Å². The van der Waals surface area contributed by atoms with Crippen LogP contribution >= 0.6 is 15.9 Å². The van der Waals surface area contributed by atoms with Crippen LogP contribution in [-0.2, 0) is 11.2 Å². The Bertz CT molecular complexity index is 639. The smallest absolute Gasteiger partial charge is 0.234 e. The quantitative estimate of drug-likeness (QED) is 0.828. The van der Waals surface area contributed by atoms with Crippen molar-refractivity contribution in [1.82, 2.24) is 0 Å². The summed E-state index contributed by atoms with van der Waals surface area (Å²) in [7, 11) is 0. The van der Waals surface area contributed by atoms with Gasteiger partial charge in [0.15, 0.2) is 0 Å². The highest BCUT2D eigenvalue weighted by atomic mass is 79.9. The van der Waals surface area contributed by atoms with Crippen LogP contribution in [0.3, 0.4) is 0 Å². The number of halogens is 1. The molecule has 0 aliphatic carbocycles. The summed E-state index contributed by atoms with van der Waals surface area (Å²) in [6, 6.07) is 16.3. The Hall–Kier alpha value is -1.61. The third-order valence-electron chi connectivity index (χ3n) is 3.82. The summed E-state index contributed by atoms with van der Waals surface area (Å²) in [6.07, 6.45) is 0.764. The standard InChI is InChI=1S/C17H16BrNO/c1-2-19-16-9-8-13(18)11-14(16)15(17(19)20)10-12-6-4-3-5-7-12/h3-9,11,15H,2,10H2,1H3/t15-/m0/s1. The second kappa shape index (κ2) is 5.41. The lowest BCUT2D eigenvalue weighted by atomic mass is 9.93. The molecule has 0 saturated carbocycles. The summed E-state index contributed by atoms with van der Waals surface area (Å²) in [5.41, 5.74) is 3.39. The maximum atomic E-state index is 12.6. The van der Waals surface area contributed by atoms with Crippen LogP contribution in [0.5, 0.6) is 0 Å². The number of benzene rings is 2. The lowest BCUT2D eigenvalue weighted by Crippen LogP contribution is -2.29. The highest BCUT2D eigenvalue weighted by Crippen LogP contribution is 2.40. The molecular weight excluding hydrogens is 314 g/mol. The first-order chi connectivity index (χ1) is 9.70. The van der Waals surface area contributed by atoms with E-state index in [9.17, 15) is 4.79 Å². The molecule has 1 aliphatic rings. The van der Waals surface area contributed by atoms with E-state index in [1.54, 1.807) is 0 Å². The average molecular weight is 330 g/mol. The number of anilines is 1. The van der Waals surface area contributed by atoms with E-state index in [1.807, 2.05) is 42.2 Å². The van der Waals surface area contributed by atoms with Gasteiger partial charge in [-0.05, 0) is 42.7 Å². The minimum absolute atomic E-state index is 0.0650. The fraction of sp³-hybridized carbons (Fsp3) is 0.235. The summed E-state index contributed by atoms with van der Waals surface area (Å²) in [4.78, 5) is 14.5. The summed E-state index contributed by atoms with van der Waals surface area (Å²) < 4.78 is 1.03. The Balaban J connectivity index is 2.00. The zero-order valence-electron chi connectivity index (χ0n) is 11.3. The van der Waals surface area contributed by atoms with E-state index in [0.717, 1.165) is 28.7 Å². The molecule has 0 fully saturated rings. The number of nitrogens with zero attached hydrogens (tertiary/aromatic N) is 1. The number of hydrogen-bond donors (Lipinski definition) is 0. The first kappa shape index (κ1) is 13.4. The summed E-state index contributed by atoms with van der Waals surface area (Å²) in [5, 5.41) is 0. The molecule has 2 aromatic rings. The number of carbonyl (C=O) groups excluding carboxylic acids is 1. The Morgan fingerprint density at radius 2 is 1.90 bits per heavy atom. The van der Waals surface area contributed by atoms with Crippen LogP contribution < -0.4 is 4.90 Å². The average Bonchev–Trinajstić information content (AvgIpc) is 2.72. The molecule has 2 aromatic carbocycles. The van der Waals surface area contributed by atoms with Gasteiger partial charge < -0.3 is 4.90 Å². The maximum absolute atomic E-state index is 12.6. The van der Waals surface area contributed by atoms with Gasteiger partial charge in [0.05, 0.1) is 5.92 Å². The summed E-state index contributed by atoms with van der Waals surface area (Å²) in [5.74, 6) is 0.148. The number of likely N-dealkylation sites (N-methyl/N-ethyl adjacent to an activating group) is 1. The van der Waals surface area contributed by atoms with Gasteiger partial charge in [0.1, 0.15) is 0 Å². The van der Waals surface area contributed by atoms with Crippen LogP contribution in [0.1, 0.15) is 24.0 Å².